The predicted molar refractivity (Wildman–Crippen MR) is 104 cm³/mol. The van der Waals surface area contributed by atoms with Gasteiger partial charge in [0.1, 0.15) is 5.75 Å². The maximum absolute atomic E-state index is 12.5. The average Bonchev–Trinajstić information content (AvgIpc) is 2.65. The van der Waals surface area contributed by atoms with E-state index in [1.165, 1.54) is 0 Å². The number of benzene rings is 1. The van der Waals surface area contributed by atoms with E-state index in [2.05, 4.69) is 43.2 Å². The van der Waals surface area contributed by atoms with Gasteiger partial charge in [-0.2, -0.15) is 0 Å². The largest absolute Gasteiger partial charge is 0.497 e. The number of nitrogens with zero attached hydrogens (tertiary/aromatic N) is 1. The third-order valence-corrected chi connectivity index (χ3v) is 4.98. The van der Waals surface area contributed by atoms with Gasteiger partial charge in [-0.15, -0.1) is 0 Å². The van der Waals surface area contributed by atoms with E-state index >= 15 is 0 Å². The molecule has 1 atom stereocenters. The van der Waals surface area contributed by atoms with Crippen LogP contribution >= 0.6 is 0 Å². The van der Waals surface area contributed by atoms with Gasteiger partial charge >= 0.3 is 6.03 Å². The Morgan fingerprint density at radius 2 is 1.85 bits per heavy atom. The number of carbonyl (C=O) groups is 1. The summed E-state index contributed by atoms with van der Waals surface area (Å²) in [5.74, 6) is 1.09. The van der Waals surface area contributed by atoms with Gasteiger partial charge in [-0.3, -0.25) is 4.90 Å². The fourth-order valence-electron chi connectivity index (χ4n) is 3.22. The van der Waals surface area contributed by atoms with Crippen LogP contribution in [-0.2, 0) is 4.74 Å². The van der Waals surface area contributed by atoms with Crippen molar-refractivity contribution in [1.29, 1.82) is 0 Å². The molecule has 2 rings (SSSR count). The summed E-state index contributed by atoms with van der Waals surface area (Å²) in [5.41, 5.74) is 0.970. The molecule has 2 N–H and O–H groups in total. The Balaban J connectivity index is 1.92. The molecule has 2 amide bonds. The molecule has 6 nitrogen and oxygen atoms in total. The third kappa shape index (κ3) is 5.61. The SMILES string of the molecule is COc1ccc([C@@H](NC(=O)NCC(C)(C)N2CCOCC2)C(C)C)cc1. The Morgan fingerprint density at radius 1 is 1.23 bits per heavy atom. The second kappa shape index (κ2) is 9.24. The molecule has 0 radical (unpaired) electrons. The monoisotopic (exact) mass is 363 g/mol. The molecule has 1 aliphatic rings. The Labute approximate surface area is 157 Å². The van der Waals surface area contributed by atoms with Crippen molar-refractivity contribution in [3.8, 4) is 5.75 Å². The standard InChI is InChI=1S/C20H33N3O3/c1-15(2)18(16-6-8-17(25-5)9-7-16)22-19(24)21-14-20(3,4)23-10-12-26-13-11-23/h6-9,15,18H,10-14H2,1-5H3,(H2,21,22,24)/t18-/m0/s1. The van der Waals surface area contributed by atoms with Gasteiger partial charge in [0.2, 0.25) is 0 Å². The normalized spacial score (nSPS) is 17.0. The zero-order valence-corrected chi connectivity index (χ0v) is 16.7. The fourth-order valence-corrected chi connectivity index (χ4v) is 3.22. The highest BCUT2D eigenvalue weighted by molar-refractivity contribution is 5.74. The van der Waals surface area contributed by atoms with Gasteiger partial charge in [0, 0.05) is 25.2 Å². The Bertz CT molecular complexity index is 566. The van der Waals surface area contributed by atoms with Crippen molar-refractivity contribution in [3.63, 3.8) is 0 Å². The molecule has 0 unspecified atom stereocenters. The number of hydrogen-bond donors (Lipinski definition) is 2. The van der Waals surface area contributed by atoms with Gasteiger partial charge in [-0.05, 0) is 37.5 Å². The minimum absolute atomic E-state index is 0.0487. The number of rotatable bonds is 7. The van der Waals surface area contributed by atoms with Crippen LogP contribution in [0.5, 0.6) is 5.75 Å². The second-order valence-electron chi connectivity index (χ2n) is 7.73. The van der Waals surface area contributed by atoms with E-state index in [-0.39, 0.29) is 23.5 Å². The molecule has 1 aromatic rings. The van der Waals surface area contributed by atoms with Crippen molar-refractivity contribution in [1.82, 2.24) is 15.5 Å². The van der Waals surface area contributed by atoms with E-state index < -0.39 is 0 Å². The first-order valence-corrected chi connectivity index (χ1v) is 9.34. The second-order valence-corrected chi connectivity index (χ2v) is 7.73. The molecule has 0 aromatic heterocycles. The highest BCUT2D eigenvalue weighted by Gasteiger charge is 2.29. The number of amides is 2. The highest BCUT2D eigenvalue weighted by Crippen LogP contribution is 2.24. The van der Waals surface area contributed by atoms with Gasteiger partial charge in [0.25, 0.3) is 0 Å². The summed E-state index contributed by atoms with van der Waals surface area (Å²) in [6.07, 6.45) is 0. The van der Waals surface area contributed by atoms with Crippen LogP contribution in [0, 0.1) is 5.92 Å². The maximum Gasteiger partial charge on any atom is 0.315 e. The van der Waals surface area contributed by atoms with E-state index in [4.69, 9.17) is 9.47 Å². The number of urea groups is 1. The molecule has 0 saturated carbocycles. The quantitative estimate of drug-likeness (QED) is 0.782. The first kappa shape index (κ1) is 20.5. The number of ether oxygens (including phenoxy) is 2. The summed E-state index contributed by atoms with van der Waals surface area (Å²) in [7, 11) is 1.65. The van der Waals surface area contributed by atoms with E-state index in [9.17, 15) is 4.79 Å². The first-order valence-electron chi connectivity index (χ1n) is 9.34. The van der Waals surface area contributed by atoms with E-state index in [1.807, 2.05) is 24.3 Å². The van der Waals surface area contributed by atoms with Crippen LogP contribution in [0.4, 0.5) is 4.79 Å². The molecule has 1 heterocycles. The van der Waals surface area contributed by atoms with E-state index in [0.717, 1.165) is 37.6 Å². The Hall–Kier alpha value is -1.79. The summed E-state index contributed by atoms with van der Waals surface area (Å²) in [6.45, 7) is 12.4. The smallest absolute Gasteiger partial charge is 0.315 e. The van der Waals surface area contributed by atoms with E-state index in [0.29, 0.717) is 6.54 Å². The van der Waals surface area contributed by atoms with Crippen LogP contribution in [0.1, 0.15) is 39.3 Å². The van der Waals surface area contributed by atoms with Gasteiger partial charge in [0.05, 0.1) is 26.4 Å². The van der Waals surface area contributed by atoms with Crippen LogP contribution in [0.3, 0.4) is 0 Å². The summed E-state index contributed by atoms with van der Waals surface area (Å²) >= 11 is 0. The predicted octanol–water partition coefficient (Wildman–Crippen LogP) is 2.80. The molecular weight excluding hydrogens is 330 g/mol. The minimum atomic E-state index is -0.138. The molecule has 1 saturated heterocycles. The zero-order valence-electron chi connectivity index (χ0n) is 16.7. The van der Waals surface area contributed by atoms with Crippen molar-refractivity contribution in [2.75, 3.05) is 40.0 Å². The van der Waals surface area contributed by atoms with E-state index in [1.54, 1.807) is 7.11 Å². The summed E-state index contributed by atoms with van der Waals surface area (Å²) in [4.78, 5) is 14.9. The molecule has 1 aliphatic heterocycles. The summed E-state index contributed by atoms with van der Waals surface area (Å²) in [5, 5.41) is 6.15. The van der Waals surface area contributed by atoms with Crippen LogP contribution < -0.4 is 15.4 Å². The van der Waals surface area contributed by atoms with Gasteiger partial charge in [-0.1, -0.05) is 26.0 Å². The fraction of sp³-hybridized carbons (Fsp3) is 0.650. The van der Waals surface area contributed by atoms with Gasteiger partial charge in [-0.25, -0.2) is 4.79 Å². The van der Waals surface area contributed by atoms with Crippen molar-refractivity contribution in [2.45, 2.75) is 39.3 Å². The number of methoxy groups -OCH3 is 1. The molecule has 0 bridgehead atoms. The van der Waals surface area contributed by atoms with Crippen molar-refractivity contribution >= 4 is 6.03 Å². The number of nitrogens with one attached hydrogen (secondary N) is 2. The van der Waals surface area contributed by atoms with Crippen molar-refractivity contribution in [3.05, 3.63) is 29.8 Å². The van der Waals surface area contributed by atoms with Crippen molar-refractivity contribution in [2.24, 2.45) is 5.92 Å². The highest BCUT2D eigenvalue weighted by atomic mass is 16.5. The molecule has 146 valence electrons. The lowest BCUT2D eigenvalue weighted by Crippen LogP contribution is -2.56. The summed E-state index contributed by atoms with van der Waals surface area (Å²) < 4.78 is 10.6. The first-order chi connectivity index (χ1) is 12.3. The molecule has 6 heteroatoms. The van der Waals surface area contributed by atoms with Crippen molar-refractivity contribution < 1.29 is 14.3 Å². The minimum Gasteiger partial charge on any atom is -0.497 e. The van der Waals surface area contributed by atoms with Gasteiger partial charge < -0.3 is 20.1 Å². The molecule has 26 heavy (non-hydrogen) atoms. The molecular formula is C20H33N3O3. The number of morpholine rings is 1. The van der Waals surface area contributed by atoms with Crippen LogP contribution in [-0.4, -0.2) is 56.4 Å². The molecule has 0 spiro atoms. The lowest BCUT2D eigenvalue weighted by Gasteiger charge is -2.41. The van der Waals surface area contributed by atoms with Crippen LogP contribution in [0.15, 0.2) is 24.3 Å². The lowest BCUT2D eigenvalue weighted by atomic mass is 9.96. The third-order valence-electron chi connectivity index (χ3n) is 4.98. The molecule has 0 aliphatic carbocycles. The topological polar surface area (TPSA) is 62.8 Å². The maximum atomic E-state index is 12.5. The van der Waals surface area contributed by atoms with Crippen LogP contribution in [0.25, 0.3) is 0 Å². The lowest BCUT2D eigenvalue weighted by molar-refractivity contribution is -0.00877. The van der Waals surface area contributed by atoms with Crippen LogP contribution in [0.2, 0.25) is 0 Å². The molecule has 1 aromatic carbocycles. The zero-order chi connectivity index (χ0) is 19.2. The number of carbonyl (C=O) groups excluding carboxylic acids is 1. The Morgan fingerprint density at radius 3 is 2.38 bits per heavy atom. The average molecular weight is 364 g/mol. The molecule has 1 fully saturated rings. The van der Waals surface area contributed by atoms with Gasteiger partial charge in [0.15, 0.2) is 0 Å². The summed E-state index contributed by atoms with van der Waals surface area (Å²) in [6, 6.07) is 7.66. The Kier molecular flexibility index (Phi) is 7.29. The number of hydrogen-bond acceptors (Lipinski definition) is 4.